The summed E-state index contributed by atoms with van der Waals surface area (Å²) in [5.41, 5.74) is 1.37. The van der Waals surface area contributed by atoms with Crippen LogP contribution >= 0.6 is 11.8 Å². The van der Waals surface area contributed by atoms with Gasteiger partial charge in [-0.3, -0.25) is 4.52 Å². The minimum absolute atomic E-state index is 0.0850. The summed E-state index contributed by atoms with van der Waals surface area (Å²) < 4.78 is 6.25. The zero-order chi connectivity index (χ0) is 15.9. The minimum atomic E-state index is -0.367. The van der Waals surface area contributed by atoms with Crippen LogP contribution in [0.2, 0.25) is 0 Å². The van der Waals surface area contributed by atoms with E-state index in [4.69, 9.17) is 9.78 Å². The van der Waals surface area contributed by atoms with Gasteiger partial charge in [0, 0.05) is 11.4 Å². The lowest BCUT2D eigenvalue weighted by Gasteiger charge is -2.09. The second-order valence-electron chi connectivity index (χ2n) is 4.53. The van der Waals surface area contributed by atoms with Crippen molar-refractivity contribution < 1.29 is 14.3 Å². The second-order valence-corrected chi connectivity index (χ2v) is 5.49. The summed E-state index contributed by atoms with van der Waals surface area (Å²) in [6.45, 7) is 2.06. The summed E-state index contributed by atoms with van der Waals surface area (Å²) in [5.74, 6) is -0.128. The summed E-state index contributed by atoms with van der Waals surface area (Å²) in [6.07, 6.45) is 3.31. The van der Waals surface area contributed by atoms with Crippen molar-refractivity contribution >= 4 is 23.5 Å². The Labute approximate surface area is 132 Å². The molecule has 22 heavy (non-hydrogen) atoms. The molecule has 2 aromatic rings. The molecule has 0 aliphatic rings. The molecule has 0 unspecified atom stereocenters. The van der Waals surface area contributed by atoms with Gasteiger partial charge in [0.15, 0.2) is 12.3 Å². The molecule has 0 amide bonds. The van der Waals surface area contributed by atoms with Gasteiger partial charge in [-0.05, 0) is 24.5 Å². The lowest BCUT2D eigenvalue weighted by molar-refractivity contribution is -0.739. The van der Waals surface area contributed by atoms with Gasteiger partial charge in [0.05, 0.1) is 5.56 Å². The number of nitriles is 1. The number of aryl methyl sites for hydroxylation is 2. The van der Waals surface area contributed by atoms with E-state index in [9.17, 15) is 5.11 Å². The van der Waals surface area contributed by atoms with Gasteiger partial charge in [0.1, 0.15) is 11.1 Å². The Bertz CT molecular complexity index is 720. The Kier molecular flexibility index (Phi) is 5.49. The van der Waals surface area contributed by atoms with Crippen molar-refractivity contribution in [2.45, 2.75) is 24.8 Å². The number of thioether (sulfide) groups is 1. The van der Waals surface area contributed by atoms with Crippen molar-refractivity contribution in [2.75, 3.05) is 5.75 Å². The molecule has 0 atom stereocenters. The number of hydrogen-bond donors (Lipinski definition) is 0. The molecule has 0 aliphatic heterocycles. The van der Waals surface area contributed by atoms with E-state index in [1.165, 1.54) is 22.6 Å². The van der Waals surface area contributed by atoms with Gasteiger partial charge in [0.25, 0.3) is 6.20 Å². The first-order valence-electron chi connectivity index (χ1n) is 6.72. The molecule has 0 aliphatic carbocycles. The first kappa shape index (κ1) is 16.0. The summed E-state index contributed by atoms with van der Waals surface area (Å²) >= 11 is 1.20. The maximum atomic E-state index is 11.8. The highest BCUT2D eigenvalue weighted by Crippen LogP contribution is 2.21. The van der Waals surface area contributed by atoms with Crippen molar-refractivity contribution in [3.05, 3.63) is 29.6 Å². The summed E-state index contributed by atoms with van der Waals surface area (Å²) in [6, 6.07) is 5.66. The molecule has 2 aromatic heterocycles. The fourth-order valence-electron chi connectivity index (χ4n) is 1.72. The fourth-order valence-corrected chi connectivity index (χ4v) is 2.49. The van der Waals surface area contributed by atoms with Crippen LogP contribution < -0.4 is 9.79 Å². The minimum Gasteiger partial charge on any atom is -0.861 e. The standard InChI is InChI=1S/C14H15N5O2S/c1-3-4-11-6-5-10(7-15)14(16-11)22-9-12(20)17-13-8-19(2)18-21-13/h5-6,8H,3-4,9H2,1-2H3. The smallest absolute Gasteiger partial charge is 0.320 e. The summed E-state index contributed by atoms with van der Waals surface area (Å²) in [5, 5.41) is 25.1. The molecule has 0 N–H and O–H groups in total. The van der Waals surface area contributed by atoms with Crippen molar-refractivity contribution in [3.63, 3.8) is 0 Å². The van der Waals surface area contributed by atoms with Gasteiger partial charge in [-0.15, -0.1) is 0 Å². The molecule has 7 nitrogen and oxygen atoms in total. The normalized spacial score (nSPS) is 11.4. The zero-order valence-electron chi connectivity index (χ0n) is 12.3. The maximum absolute atomic E-state index is 11.8. The van der Waals surface area contributed by atoms with Gasteiger partial charge in [-0.2, -0.15) is 5.26 Å². The summed E-state index contributed by atoms with van der Waals surface area (Å²) in [7, 11) is 1.67. The third-order valence-corrected chi connectivity index (χ3v) is 3.65. The molecule has 0 aromatic carbocycles. The van der Waals surface area contributed by atoms with E-state index in [1.807, 2.05) is 6.07 Å². The molecular weight excluding hydrogens is 302 g/mol. The molecule has 114 valence electrons. The zero-order valence-corrected chi connectivity index (χ0v) is 13.1. The number of pyridine rings is 1. The van der Waals surface area contributed by atoms with Crippen LogP contribution in [0, 0.1) is 11.3 Å². The molecule has 0 saturated heterocycles. The Balaban J connectivity index is 2.08. The predicted octanol–water partition coefficient (Wildman–Crippen LogP) is 0.901. The van der Waals surface area contributed by atoms with Crippen LogP contribution in [0.1, 0.15) is 24.6 Å². The van der Waals surface area contributed by atoms with Crippen LogP contribution in [0.25, 0.3) is 0 Å². The van der Waals surface area contributed by atoms with E-state index in [0.717, 1.165) is 18.5 Å². The predicted molar refractivity (Wildman–Crippen MR) is 78.4 cm³/mol. The molecule has 0 bridgehead atoms. The Hall–Kier alpha value is -2.40. The molecule has 0 saturated carbocycles. The maximum Gasteiger partial charge on any atom is 0.320 e. The first-order valence-corrected chi connectivity index (χ1v) is 7.71. The van der Waals surface area contributed by atoms with Crippen LogP contribution in [0.3, 0.4) is 0 Å². The molecule has 0 radical (unpaired) electrons. The Morgan fingerprint density at radius 1 is 1.55 bits per heavy atom. The van der Waals surface area contributed by atoms with Crippen molar-refractivity contribution in [2.24, 2.45) is 12.0 Å². The van der Waals surface area contributed by atoms with Crippen LogP contribution in [0.15, 0.2) is 32.9 Å². The number of hydrogen-bond acceptors (Lipinski definition) is 7. The molecule has 2 rings (SSSR count). The van der Waals surface area contributed by atoms with Crippen molar-refractivity contribution in [1.82, 2.24) is 10.3 Å². The fraction of sp³-hybridized carbons (Fsp3) is 0.357. The van der Waals surface area contributed by atoms with E-state index in [0.29, 0.717) is 10.6 Å². The second kappa shape index (κ2) is 7.56. The molecular formula is C14H15N5O2S. The molecule has 0 fully saturated rings. The monoisotopic (exact) mass is 317 g/mol. The van der Waals surface area contributed by atoms with E-state index < -0.39 is 0 Å². The lowest BCUT2D eigenvalue weighted by atomic mass is 10.2. The highest BCUT2D eigenvalue weighted by molar-refractivity contribution is 7.99. The highest BCUT2D eigenvalue weighted by atomic mass is 32.2. The third-order valence-electron chi connectivity index (χ3n) is 2.67. The van der Waals surface area contributed by atoms with Gasteiger partial charge >= 0.3 is 5.88 Å². The Morgan fingerprint density at radius 3 is 3.00 bits per heavy atom. The average molecular weight is 317 g/mol. The van der Waals surface area contributed by atoms with Gasteiger partial charge < -0.3 is 5.11 Å². The van der Waals surface area contributed by atoms with Gasteiger partial charge in [-0.25, -0.2) is 9.98 Å². The quantitative estimate of drug-likeness (QED) is 0.339. The number of nitrogens with zero attached hydrogens (tertiary/aromatic N) is 5. The summed E-state index contributed by atoms with van der Waals surface area (Å²) in [4.78, 5) is 8.21. The topological polar surface area (TPSA) is 102 Å². The third kappa shape index (κ3) is 4.30. The molecule has 2 heterocycles. The van der Waals surface area contributed by atoms with E-state index in [1.54, 1.807) is 13.1 Å². The van der Waals surface area contributed by atoms with Crippen LogP contribution in [0.5, 0.6) is 0 Å². The van der Waals surface area contributed by atoms with Gasteiger partial charge in [0.2, 0.25) is 0 Å². The van der Waals surface area contributed by atoms with Crippen LogP contribution in [-0.2, 0) is 13.5 Å². The van der Waals surface area contributed by atoms with E-state index in [-0.39, 0.29) is 17.5 Å². The van der Waals surface area contributed by atoms with E-state index >= 15 is 0 Å². The average Bonchev–Trinajstić information content (AvgIpc) is 2.91. The largest absolute Gasteiger partial charge is 0.861 e. The van der Waals surface area contributed by atoms with Crippen molar-refractivity contribution in [3.8, 4) is 6.07 Å². The Morgan fingerprint density at radius 2 is 2.36 bits per heavy atom. The first-order chi connectivity index (χ1) is 10.6. The molecule has 0 spiro atoms. The van der Waals surface area contributed by atoms with Crippen molar-refractivity contribution in [1.29, 1.82) is 5.26 Å². The lowest BCUT2D eigenvalue weighted by Crippen LogP contribution is -2.27. The van der Waals surface area contributed by atoms with Crippen LogP contribution in [0.4, 0.5) is 5.88 Å². The number of rotatable bonds is 6. The number of aromatic nitrogens is 3. The SMILES string of the molecule is CCCc1ccc(C#N)c(SC/C([O-])=N/c2c[n+](C)no2)n1. The highest BCUT2D eigenvalue weighted by Gasteiger charge is 2.07. The van der Waals surface area contributed by atoms with Gasteiger partial charge in [-0.1, -0.05) is 29.8 Å². The van der Waals surface area contributed by atoms with E-state index in [2.05, 4.69) is 28.2 Å². The van der Waals surface area contributed by atoms with Crippen LogP contribution in [-0.4, -0.2) is 21.9 Å². The number of aliphatic imine (C=N–C) groups is 1. The molecule has 8 heteroatoms.